The zero-order chi connectivity index (χ0) is 33.5. The highest BCUT2D eigenvalue weighted by atomic mass is 14.5. The summed E-state index contributed by atoms with van der Waals surface area (Å²) in [6.07, 6.45) is 0. The molecule has 1 aliphatic rings. The number of hydrogen-bond donors (Lipinski definition) is 0. The summed E-state index contributed by atoms with van der Waals surface area (Å²) in [5, 5.41) is 10.4. The predicted octanol–water partition coefficient (Wildman–Crippen LogP) is 13.4. The second kappa shape index (κ2) is 10.7. The standard InChI is InChI=1S/C51H32/c1-4-13-33(14-5-1)45-31-37-15-10-11-22-43(37)49-44-28-27-36(40-29-38-25-23-34-16-12-17-35-24-26-39(30-40)48(38)47(34)35)32-46(44)51(50(45)49,41-18-6-2-7-19-41)42-20-8-3-9-21-42/h1-32H. The van der Waals surface area contributed by atoms with Gasteiger partial charge < -0.3 is 0 Å². The number of benzene rings is 10. The molecular weight excluding hydrogens is 613 g/mol. The normalized spacial score (nSPS) is 13.3. The molecule has 10 aromatic rings. The lowest BCUT2D eigenvalue weighted by Gasteiger charge is -2.35. The van der Waals surface area contributed by atoms with E-state index in [-0.39, 0.29) is 0 Å². The van der Waals surface area contributed by atoms with Crippen LogP contribution in [-0.2, 0) is 5.41 Å². The Morgan fingerprint density at radius 3 is 1.53 bits per heavy atom. The van der Waals surface area contributed by atoms with E-state index in [0.29, 0.717) is 0 Å². The zero-order valence-electron chi connectivity index (χ0n) is 28.0. The summed E-state index contributed by atoms with van der Waals surface area (Å²) >= 11 is 0. The van der Waals surface area contributed by atoms with Gasteiger partial charge >= 0.3 is 0 Å². The first-order valence-corrected chi connectivity index (χ1v) is 17.8. The fourth-order valence-electron chi connectivity index (χ4n) is 9.31. The van der Waals surface area contributed by atoms with E-state index >= 15 is 0 Å². The van der Waals surface area contributed by atoms with Crippen LogP contribution in [0.3, 0.4) is 0 Å². The highest BCUT2D eigenvalue weighted by molar-refractivity contribution is 6.23. The summed E-state index contributed by atoms with van der Waals surface area (Å²) in [4.78, 5) is 0. The maximum atomic E-state index is 2.51. The summed E-state index contributed by atoms with van der Waals surface area (Å²) in [6, 6.07) is 72.5. The van der Waals surface area contributed by atoms with Crippen molar-refractivity contribution in [3.63, 3.8) is 0 Å². The maximum absolute atomic E-state index is 2.51. The fourth-order valence-corrected chi connectivity index (χ4v) is 9.31. The van der Waals surface area contributed by atoms with E-state index in [0.717, 1.165) is 0 Å². The van der Waals surface area contributed by atoms with Crippen molar-refractivity contribution in [2.75, 3.05) is 0 Å². The average molecular weight is 645 g/mol. The van der Waals surface area contributed by atoms with Crippen molar-refractivity contribution in [2.45, 2.75) is 5.41 Å². The Bertz CT molecular complexity index is 2830. The minimum atomic E-state index is -0.547. The summed E-state index contributed by atoms with van der Waals surface area (Å²) < 4.78 is 0. The molecule has 0 unspecified atom stereocenters. The van der Waals surface area contributed by atoms with Gasteiger partial charge in [-0.15, -0.1) is 0 Å². The molecule has 0 heteroatoms. The Balaban J connectivity index is 1.27. The molecule has 0 radical (unpaired) electrons. The smallest absolute Gasteiger partial charge is 0.0622 e. The molecule has 0 amide bonds. The quantitative estimate of drug-likeness (QED) is 0.167. The number of rotatable bonds is 4. The Morgan fingerprint density at radius 2 is 0.863 bits per heavy atom. The van der Waals surface area contributed by atoms with Gasteiger partial charge in [0, 0.05) is 0 Å². The van der Waals surface area contributed by atoms with Crippen LogP contribution in [0.2, 0.25) is 0 Å². The molecule has 0 N–H and O–H groups in total. The lowest BCUT2D eigenvalue weighted by Crippen LogP contribution is -2.29. The molecule has 0 spiro atoms. The summed E-state index contributed by atoms with van der Waals surface area (Å²) in [5.74, 6) is 0. The van der Waals surface area contributed by atoms with E-state index in [2.05, 4.69) is 194 Å². The molecule has 0 saturated carbocycles. The third-order valence-corrected chi connectivity index (χ3v) is 11.4. The summed E-state index contributed by atoms with van der Waals surface area (Å²) in [7, 11) is 0. The van der Waals surface area contributed by atoms with Gasteiger partial charge in [-0.05, 0) is 123 Å². The predicted molar refractivity (Wildman–Crippen MR) is 216 cm³/mol. The van der Waals surface area contributed by atoms with Gasteiger partial charge in [-0.2, -0.15) is 0 Å². The van der Waals surface area contributed by atoms with E-state index in [1.165, 1.54) is 98.7 Å². The Kier molecular flexibility index (Phi) is 5.97. The average Bonchev–Trinajstić information content (AvgIpc) is 3.52. The van der Waals surface area contributed by atoms with Crippen molar-refractivity contribution in [1.29, 1.82) is 0 Å². The van der Waals surface area contributed by atoms with E-state index in [4.69, 9.17) is 0 Å². The van der Waals surface area contributed by atoms with Crippen molar-refractivity contribution in [2.24, 2.45) is 0 Å². The third-order valence-electron chi connectivity index (χ3n) is 11.4. The van der Waals surface area contributed by atoms with Crippen LogP contribution in [0.4, 0.5) is 0 Å². The first-order chi connectivity index (χ1) is 25.3. The second-order valence-electron chi connectivity index (χ2n) is 14.0. The maximum Gasteiger partial charge on any atom is 0.0720 e. The molecule has 11 rings (SSSR count). The first-order valence-electron chi connectivity index (χ1n) is 17.8. The Morgan fingerprint density at radius 1 is 0.314 bits per heavy atom. The van der Waals surface area contributed by atoms with Crippen molar-refractivity contribution in [3.8, 4) is 33.4 Å². The van der Waals surface area contributed by atoms with Crippen LogP contribution in [0.5, 0.6) is 0 Å². The molecule has 0 aliphatic heterocycles. The van der Waals surface area contributed by atoms with Gasteiger partial charge in [0.15, 0.2) is 0 Å². The summed E-state index contributed by atoms with van der Waals surface area (Å²) in [5.41, 5.74) is 12.3. The van der Waals surface area contributed by atoms with Crippen LogP contribution in [-0.4, -0.2) is 0 Å². The Hall–Kier alpha value is -6.50. The molecular formula is C51H32. The van der Waals surface area contributed by atoms with Crippen LogP contribution in [0, 0.1) is 0 Å². The van der Waals surface area contributed by atoms with Gasteiger partial charge in [0.25, 0.3) is 0 Å². The molecule has 0 bridgehead atoms. The van der Waals surface area contributed by atoms with Gasteiger partial charge in [0.2, 0.25) is 0 Å². The van der Waals surface area contributed by atoms with Gasteiger partial charge in [0.1, 0.15) is 0 Å². The zero-order valence-corrected chi connectivity index (χ0v) is 28.0. The second-order valence-corrected chi connectivity index (χ2v) is 14.0. The van der Waals surface area contributed by atoms with Gasteiger partial charge in [-0.25, -0.2) is 0 Å². The number of fused-ring (bicyclic) bond motifs is 5. The molecule has 51 heavy (non-hydrogen) atoms. The lowest BCUT2D eigenvalue weighted by atomic mass is 9.65. The van der Waals surface area contributed by atoms with Crippen LogP contribution in [0.1, 0.15) is 22.3 Å². The van der Waals surface area contributed by atoms with E-state index in [9.17, 15) is 0 Å². The SMILES string of the molecule is c1ccc(-c2cc3ccccc3c3c2C(c2ccccc2)(c2ccccc2)c2cc(-c4cc5ccc6cccc7ccc(c4)c5c67)ccc2-3)cc1. The molecule has 0 saturated heterocycles. The third kappa shape index (κ3) is 3.96. The molecule has 0 heterocycles. The van der Waals surface area contributed by atoms with Crippen molar-refractivity contribution < 1.29 is 0 Å². The monoisotopic (exact) mass is 644 g/mol. The van der Waals surface area contributed by atoms with Crippen LogP contribution in [0.25, 0.3) is 76.5 Å². The van der Waals surface area contributed by atoms with Crippen LogP contribution >= 0.6 is 0 Å². The first kappa shape index (κ1) is 28.3. The molecule has 0 atom stereocenters. The Labute approximate surface area is 297 Å². The largest absolute Gasteiger partial charge is 0.0720 e. The molecule has 0 aromatic heterocycles. The van der Waals surface area contributed by atoms with Crippen LogP contribution < -0.4 is 0 Å². The molecule has 0 fully saturated rings. The van der Waals surface area contributed by atoms with Crippen molar-refractivity contribution in [3.05, 3.63) is 216 Å². The van der Waals surface area contributed by atoms with E-state index < -0.39 is 5.41 Å². The van der Waals surface area contributed by atoms with Gasteiger partial charge in [-0.1, -0.05) is 170 Å². The minimum absolute atomic E-state index is 0.547. The number of hydrogen-bond acceptors (Lipinski definition) is 0. The van der Waals surface area contributed by atoms with E-state index in [1.807, 2.05) is 0 Å². The molecule has 236 valence electrons. The molecule has 10 aromatic carbocycles. The summed E-state index contributed by atoms with van der Waals surface area (Å²) in [6.45, 7) is 0. The topological polar surface area (TPSA) is 0 Å². The van der Waals surface area contributed by atoms with E-state index in [1.54, 1.807) is 0 Å². The van der Waals surface area contributed by atoms with Gasteiger partial charge in [-0.3, -0.25) is 0 Å². The highest BCUT2D eigenvalue weighted by Gasteiger charge is 2.48. The highest BCUT2D eigenvalue weighted by Crippen LogP contribution is 2.61. The van der Waals surface area contributed by atoms with Crippen molar-refractivity contribution in [1.82, 2.24) is 0 Å². The van der Waals surface area contributed by atoms with Crippen LogP contribution in [0.15, 0.2) is 194 Å². The molecule has 1 aliphatic carbocycles. The lowest BCUT2D eigenvalue weighted by molar-refractivity contribution is 0.771. The fraction of sp³-hybridized carbons (Fsp3) is 0.0196. The molecule has 0 nitrogen and oxygen atoms in total. The van der Waals surface area contributed by atoms with Gasteiger partial charge in [0.05, 0.1) is 5.41 Å². The minimum Gasteiger partial charge on any atom is -0.0622 e. The van der Waals surface area contributed by atoms with Crippen molar-refractivity contribution >= 4 is 43.1 Å².